The van der Waals surface area contributed by atoms with Crippen molar-refractivity contribution in [3.05, 3.63) is 41.9 Å². The van der Waals surface area contributed by atoms with Crippen LogP contribution in [0, 0.1) is 0 Å². The van der Waals surface area contributed by atoms with Gasteiger partial charge in [-0.2, -0.15) is 0 Å². The molecule has 1 aromatic carbocycles. The van der Waals surface area contributed by atoms with E-state index in [9.17, 15) is 13.2 Å². The molecule has 27 heavy (non-hydrogen) atoms. The molecule has 0 saturated heterocycles. The van der Waals surface area contributed by atoms with Crippen molar-refractivity contribution < 1.29 is 23.1 Å². The van der Waals surface area contributed by atoms with Crippen molar-refractivity contribution in [1.29, 1.82) is 0 Å². The Morgan fingerprint density at radius 3 is 2.74 bits per heavy atom. The van der Waals surface area contributed by atoms with Crippen LogP contribution < -0.4 is 10.1 Å². The third kappa shape index (κ3) is 4.09. The van der Waals surface area contributed by atoms with Crippen LogP contribution in [0.5, 0.6) is 5.75 Å². The summed E-state index contributed by atoms with van der Waals surface area (Å²) in [5, 5.41) is 11.2. The Hall–Kier alpha value is -2.92. The van der Waals surface area contributed by atoms with Crippen molar-refractivity contribution in [2.75, 3.05) is 7.11 Å². The number of methoxy groups -OCH3 is 1. The first kappa shape index (κ1) is 18.9. The van der Waals surface area contributed by atoms with E-state index in [1.807, 2.05) is 7.05 Å². The molecule has 0 radical (unpaired) electrons. The summed E-state index contributed by atoms with van der Waals surface area (Å²) in [6.45, 7) is -0.0627. The first-order chi connectivity index (χ1) is 12.8. The number of benzene rings is 1. The van der Waals surface area contributed by atoms with E-state index in [2.05, 4.69) is 15.3 Å². The first-order valence-electron chi connectivity index (χ1n) is 7.63. The van der Waals surface area contributed by atoms with Crippen molar-refractivity contribution in [2.45, 2.75) is 15.6 Å². The summed E-state index contributed by atoms with van der Waals surface area (Å²) < 4.78 is 33.0. The number of carboxylic acid groups (broad SMARTS) is 1. The average Bonchev–Trinajstić information content (AvgIpc) is 3.29. The molecule has 9 nitrogen and oxygen atoms in total. The highest BCUT2D eigenvalue weighted by Crippen LogP contribution is 2.32. The quantitative estimate of drug-likeness (QED) is 0.640. The molecule has 142 valence electrons. The second-order valence-corrected chi connectivity index (χ2v) is 8.85. The predicted octanol–water partition coefficient (Wildman–Crippen LogP) is 2.15. The maximum Gasteiger partial charge on any atom is 0.405 e. The van der Waals surface area contributed by atoms with Gasteiger partial charge in [0.1, 0.15) is 15.0 Å². The number of aromatic nitrogens is 3. The maximum atomic E-state index is 13.0. The minimum absolute atomic E-state index is 0.0184. The lowest BCUT2D eigenvalue weighted by Gasteiger charge is -2.08. The van der Waals surface area contributed by atoms with Gasteiger partial charge in [-0.3, -0.25) is 0 Å². The van der Waals surface area contributed by atoms with Crippen molar-refractivity contribution >= 4 is 27.3 Å². The Balaban J connectivity index is 2.00. The van der Waals surface area contributed by atoms with Crippen molar-refractivity contribution in [1.82, 2.24) is 19.9 Å². The van der Waals surface area contributed by atoms with Gasteiger partial charge in [0.05, 0.1) is 36.8 Å². The molecule has 3 rings (SSSR count). The number of rotatable bonds is 6. The van der Waals surface area contributed by atoms with Gasteiger partial charge < -0.3 is 19.7 Å². The molecule has 1 amide bonds. The van der Waals surface area contributed by atoms with E-state index in [1.165, 1.54) is 25.4 Å². The van der Waals surface area contributed by atoms with E-state index in [-0.39, 0.29) is 15.6 Å². The molecule has 2 N–H and O–H groups in total. The summed E-state index contributed by atoms with van der Waals surface area (Å²) in [6, 6.07) is 4.65. The van der Waals surface area contributed by atoms with E-state index in [0.29, 0.717) is 22.0 Å². The van der Waals surface area contributed by atoms with Gasteiger partial charge in [0.25, 0.3) is 0 Å². The minimum Gasteiger partial charge on any atom is -0.497 e. The van der Waals surface area contributed by atoms with Crippen molar-refractivity contribution in [3.63, 3.8) is 0 Å². The molecule has 0 aliphatic rings. The fourth-order valence-corrected chi connectivity index (χ4v) is 4.90. The summed E-state index contributed by atoms with van der Waals surface area (Å²) in [5.41, 5.74) is 1.22. The lowest BCUT2D eigenvalue weighted by atomic mass is 10.1. The number of amides is 1. The van der Waals surface area contributed by atoms with Crippen LogP contribution in [-0.2, 0) is 23.4 Å². The smallest absolute Gasteiger partial charge is 0.405 e. The number of aryl methyl sites for hydroxylation is 1. The van der Waals surface area contributed by atoms with Gasteiger partial charge in [0.2, 0.25) is 9.84 Å². The number of nitrogens with zero attached hydrogens (tertiary/aromatic N) is 3. The Morgan fingerprint density at radius 1 is 1.33 bits per heavy atom. The zero-order chi connectivity index (χ0) is 19.6. The van der Waals surface area contributed by atoms with Crippen LogP contribution in [0.1, 0.15) is 5.01 Å². The molecule has 0 unspecified atom stereocenters. The largest absolute Gasteiger partial charge is 0.497 e. The summed E-state index contributed by atoms with van der Waals surface area (Å²) in [5.74, 6) is 0.383. The predicted molar refractivity (Wildman–Crippen MR) is 97.6 cm³/mol. The van der Waals surface area contributed by atoms with Crippen molar-refractivity contribution in [2.24, 2.45) is 7.05 Å². The Bertz CT molecular complexity index is 1090. The molecular formula is C16H16N4O5S2. The number of sulfone groups is 1. The number of carbonyl (C=O) groups is 1. The SMILES string of the molecule is COc1cc(-c2cn(C)cn2)cc(S(=O)(=O)c2cnc(CNC(=O)O)s2)c1. The van der Waals surface area contributed by atoms with E-state index in [1.54, 1.807) is 23.2 Å². The van der Waals surface area contributed by atoms with Crippen LogP contribution in [0.3, 0.4) is 0 Å². The lowest BCUT2D eigenvalue weighted by molar-refractivity contribution is 0.194. The van der Waals surface area contributed by atoms with Crippen LogP contribution in [-0.4, -0.2) is 41.3 Å². The molecule has 2 heterocycles. The molecular weight excluding hydrogens is 392 g/mol. The standard InChI is InChI=1S/C16H16N4O5S2/c1-20-8-13(19-9-20)10-3-11(25-2)5-12(4-10)27(23,24)15-7-17-14(26-15)6-18-16(21)22/h3-5,7-9,18H,6H2,1-2H3,(H,21,22). The van der Waals surface area contributed by atoms with Gasteiger partial charge in [-0.25, -0.2) is 23.2 Å². The first-order valence-corrected chi connectivity index (χ1v) is 9.93. The highest BCUT2D eigenvalue weighted by Gasteiger charge is 2.23. The number of hydrogen-bond donors (Lipinski definition) is 2. The van der Waals surface area contributed by atoms with Gasteiger partial charge in [-0.05, 0) is 18.2 Å². The van der Waals surface area contributed by atoms with Crippen molar-refractivity contribution in [3.8, 4) is 17.0 Å². The second kappa shape index (κ2) is 7.37. The zero-order valence-electron chi connectivity index (χ0n) is 14.4. The van der Waals surface area contributed by atoms with Gasteiger partial charge in [-0.15, -0.1) is 11.3 Å². The summed E-state index contributed by atoms with van der Waals surface area (Å²) >= 11 is 0.910. The molecule has 0 spiro atoms. The molecule has 0 fully saturated rings. The van der Waals surface area contributed by atoms with E-state index < -0.39 is 15.9 Å². The number of nitrogens with one attached hydrogen (secondary N) is 1. The summed E-state index contributed by atoms with van der Waals surface area (Å²) in [6.07, 6.45) is 3.41. The Labute approximate surface area is 159 Å². The molecule has 3 aromatic rings. The third-order valence-electron chi connectivity index (χ3n) is 3.61. The van der Waals surface area contributed by atoms with Gasteiger partial charge in [-0.1, -0.05) is 0 Å². The highest BCUT2D eigenvalue weighted by atomic mass is 32.2. The number of imidazole rings is 1. The maximum absolute atomic E-state index is 13.0. The van der Waals surface area contributed by atoms with Gasteiger partial charge in [0, 0.05) is 18.8 Å². The van der Waals surface area contributed by atoms with E-state index in [0.717, 1.165) is 11.3 Å². The summed E-state index contributed by atoms with van der Waals surface area (Å²) in [4.78, 5) is 18.8. The molecule has 11 heteroatoms. The van der Waals surface area contributed by atoms with Crippen LogP contribution in [0.2, 0.25) is 0 Å². The minimum atomic E-state index is -3.85. The zero-order valence-corrected chi connectivity index (χ0v) is 16.0. The van der Waals surface area contributed by atoms with E-state index in [4.69, 9.17) is 9.84 Å². The lowest BCUT2D eigenvalue weighted by Crippen LogP contribution is -2.19. The molecule has 0 aliphatic heterocycles. The van der Waals surface area contributed by atoms with Gasteiger partial charge in [0.15, 0.2) is 0 Å². The molecule has 0 aliphatic carbocycles. The van der Waals surface area contributed by atoms with Crippen LogP contribution in [0.25, 0.3) is 11.3 Å². The van der Waals surface area contributed by atoms with Crippen LogP contribution in [0.15, 0.2) is 46.0 Å². The number of ether oxygens (including phenoxy) is 1. The highest BCUT2D eigenvalue weighted by molar-refractivity contribution is 7.93. The molecule has 2 aromatic heterocycles. The summed E-state index contributed by atoms with van der Waals surface area (Å²) in [7, 11) is -0.574. The Morgan fingerprint density at radius 2 is 2.11 bits per heavy atom. The second-order valence-electron chi connectivity index (χ2n) is 5.56. The fourth-order valence-electron chi connectivity index (χ4n) is 2.32. The Kier molecular flexibility index (Phi) is 5.15. The normalized spacial score (nSPS) is 11.3. The molecule has 0 saturated carbocycles. The fraction of sp³-hybridized carbons (Fsp3) is 0.188. The van der Waals surface area contributed by atoms with Gasteiger partial charge >= 0.3 is 6.09 Å². The third-order valence-corrected chi connectivity index (χ3v) is 6.81. The topological polar surface area (TPSA) is 123 Å². The monoisotopic (exact) mass is 408 g/mol. The van der Waals surface area contributed by atoms with Crippen LogP contribution >= 0.6 is 11.3 Å². The number of hydrogen-bond acceptors (Lipinski definition) is 7. The number of thiazole rings is 1. The average molecular weight is 408 g/mol. The van der Waals surface area contributed by atoms with Crippen LogP contribution in [0.4, 0.5) is 4.79 Å². The molecule has 0 bridgehead atoms. The molecule has 0 atom stereocenters. The van der Waals surface area contributed by atoms with E-state index >= 15 is 0 Å².